The van der Waals surface area contributed by atoms with E-state index in [0.29, 0.717) is 27.2 Å². The van der Waals surface area contributed by atoms with Crippen LogP contribution < -0.4 is 20.1 Å². The smallest absolute Gasteiger partial charge is 0.293 e. The van der Waals surface area contributed by atoms with Crippen molar-refractivity contribution in [2.75, 3.05) is 12.4 Å². The fourth-order valence-corrected chi connectivity index (χ4v) is 3.77. The topological polar surface area (TPSA) is 142 Å². The van der Waals surface area contributed by atoms with Gasteiger partial charge in [0.25, 0.3) is 11.6 Å². The van der Waals surface area contributed by atoms with Gasteiger partial charge in [-0.05, 0) is 48.6 Å². The van der Waals surface area contributed by atoms with Crippen LogP contribution in [0.25, 0.3) is 11.3 Å². The third-order valence-corrected chi connectivity index (χ3v) is 5.52. The third-order valence-electron chi connectivity index (χ3n) is 4.51. The van der Waals surface area contributed by atoms with E-state index < -0.39 is 10.8 Å². The Labute approximate surface area is 207 Å². The molecule has 0 aliphatic rings. The molecule has 2 aromatic carbocycles. The van der Waals surface area contributed by atoms with Crippen LogP contribution in [0.2, 0.25) is 0 Å². The zero-order valence-corrected chi connectivity index (χ0v) is 19.7. The van der Waals surface area contributed by atoms with Gasteiger partial charge in [-0.15, -0.1) is 10.2 Å². The molecule has 11 nitrogen and oxygen atoms in total. The molecule has 0 unspecified atom stereocenters. The molecule has 0 atom stereocenters. The average molecular weight is 512 g/mol. The number of ether oxygens (including phenoxy) is 2. The monoisotopic (exact) mass is 511 g/mol. The summed E-state index contributed by atoms with van der Waals surface area (Å²) in [5, 5.41) is 25.2. The highest BCUT2D eigenvalue weighted by Crippen LogP contribution is 2.26. The standard InChI is InChI=1S/C22H17N5O6S2/c1-31-15-5-7-16(8-6-15)32-12-19-25-26-22(35-19)24-21(34)23-20(28)18-10-9-17(33-18)13-3-2-4-14(11-13)27(29)30/h2-11H,12H2,1H3,(H2,23,24,26,28,34). The second kappa shape index (κ2) is 10.7. The second-order valence-corrected chi connectivity index (χ2v) is 8.32. The Kier molecular flexibility index (Phi) is 7.28. The number of anilines is 1. The number of carbonyl (C=O) groups is 1. The van der Waals surface area contributed by atoms with E-state index in [0.717, 1.165) is 5.75 Å². The van der Waals surface area contributed by atoms with Crippen LogP contribution >= 0.6 is 23.6 Å². The third kappa shape index (κ3) is 6.16. The van der Waals surface area contributed by atoms with E-state index in [1.807, 2.05) is 0 Å². The summed E-state index contributed by atoms with van der Waals surface area (Å²) in [5.74, 6) is 1.09. The summed E-state index contributed by atoms with van der Waals surface area (Å²) in [6, 6.07) is 16.0. The lowest BCUT2D eigenvalue weighted by atomic mass is 10.1. The van der Waals surface area contributed by atoms with Crippen LogP contribution in [0.3, 0.4) is 0 Å². The highest BCUT2D eigenvalue weighted by Gasteiger charge is 2.16. The first-order valence-electron chi connectivity index (χ1n) is 9.97. The summed E-state index contributed by atoms with van der Waals surface area (Å²) in [4.78, 5) is 22.9. The number of thiocarbonyl (C=S) groups is 1. The lowest BCUT2D eigenvalue weighted by Crippen LogP contribution is -2.33. The van der Waals surface area contributed by atoms with Crippen LogP contribution in [0, 0.1) is 10.1 Å². The molecule has 0 spiro atoms. The molecule has 0 aliphatic carbocycles. The maximum absolute atomic E-state index is 12.5. The van der Waals surface area contributed by atoms with E-state index >= 15 is 0 Å². The normalized spacial score (nSPS) is 10.4. The number of nitro groups is 1. The first-order valence-corrected chi connectivity index (χ1v) is 11.2. The summed E-state index contributed by atoms with van der Waals surface area (Å²) >= 11 is 6.38. The molecule has 0 fully saturated rings. The van der Waals surface area contributed by atoms with Crippen LogP contribution in [0.15, 0.2) is 65.1 Å². The van der Waals surface area contributed by atoms with Gasteiger partial charge in [0, 0.05) is 17.7 Å². The lowest BCUT2D eigenvalue weighted by Gasteiger charge is -2.05. The molecule has 13 heteroatoms. The number of hydrogen-bond donors (Lipinski definition) is 2. The summed E-state index contributed by atoms with van der Waals surface area (Å²) in [5.41, 5.74) is 0.387. The van der Waals surface area contributed by atoms with Gasteiger partial charge in [-0.3, -0.25) is 20.2 Å². The molecule has 0 saturated heterocycles. The summed E-state index contributed by atoms with van der Waals surface area (Å²) in [7, 11) is 1.59. The largest absolute Gasteiger partial charge is 0.497 e. The quantitative estimate of drug-likeness (QED) is 0.198. The van der Waals surface area contributed by atoms with Crippen LogP contribution in [0.5, 0.6) is 11.5 Å². The Morgan fingerprint density at radius 3 is 2.66 bits per heavy atom. The van der Waals surface area contributed by atoms with E-state index in [2.05, 4.69) is 20.8 Å². The number of rotatable bonds is 8. The van der Waals surface area contributed by atoms with E-state index in [9.17, 15) is 14.9 Å². The minimum Gasteiger partial charge on any atom is -0.497 e. The van der Waals surface area contributed by atoms with Gasteiger partial charge in [-0.25, -0.2) is 0 Å². The van der Waals surface area contributed by atoms with Crippen molar-refractivity contribution in [1.82, 2.24) is 15.5 Å². The minimum atomic E-state index is -0.591. The van der Waals surface area contributed by atoms with Crippen molar-refractivity contribution in [3.05, 3.63) is 81.5 Å². The number of nitrogens with one attached hydrogen (secondary N) is 2. The predicted octanol–water partition coefficient (Wildman–Crippen LogP) is 4.42. The van der Waals surface area contributed by atoms with E-state index in [-0.39, 0.29) is 23.2 Å². The Morgan fingerprint density at radius 1 is 1.14 bits per heavy atom. The number of amides is 1. The molecule has 1 amide bonds. The number of non-ortho nitro benzene ring substituents is 1. The van der Waals surface area contributed by atoms with Gasteiger partial charge in [0.2, 0.25) is 5.13 Å². The molecule has 0 saturated carbocycles. The van der Waals surface area contributed by atoms with Crippen molar-refractivity contribution < 1.29 is 23.6 Å². The second-order valence-electron chi connectivity index (χ2n) is 6.84. The highest BCUT2D eigenvalue weighted by molar-refractivity contribution is 7.80. The first kappa shape index (κ1) is 23.8. The molecule has 35 heavy (non-hydrogen) atoms. The van der Waals surface area contributed by atoms with Crippen molar-refractivity contribution in [3.8, 4) is 22.8 Å². The van der Waals surface area contributed by atoms with Gasteiger partial charge in [0.05, 0.1) is 12.0 Å². The highest BCUT2D eigenvalue weighted by atomic mass is 32.1. The summed E-state index contributed by atoms with van der Waals surface area (Å²) < 4.78 is 16.3. The molecule has 0 aliphatic heterocycles. The van der Waals surface area contributed by atoms with Crippen molar-refractivity contribution >= 4 is 45.4 Å². The minimum absolute atomic E-state index is 0.00192. The molecule has 0 bridgehead atoms. The SMILES string of the molecule is COc1ccc(OCc2nnc(NC(=S)NC(=O)c3ccc(-c4cccc([N+](=O)[O-])c4)o3)s2)cc1. The molecule has 4 aromatic rings. The van der Waals surface area contributed by atoms with Gasteiger partial charge in [0.1, 0.15) is 23.9 Å². The number of methoxy groups -OCH3 is 1. The molecule has 178 valence electrons. The molecule has 0 radical (unpaired) electrons. The van der Waals surface area contributed by atoms with Crippen LogP contribution in [0.4, 0.5) is 10.8 Å². The first-order chi connectivity index (χ1) is 16.9. The van der Waals surface area contributed by atoms with Crippen molar-refractivity contribution in [2.24, 2.45) is 0 Å². The van der Waals surface area contributed by atoms with Gasteiger partial charge in [-0.1, -0.05) is 23.5 Å². The van der Waals surface area contributed by atoms with Crippen molar-refractivity contribution in [2.45, 2.75) is 6.61 Å². The number of carbonyl (C=O) groups excluding carboxylic acids is 1. The summed E-state index contributed by atoms with van der Waals surface area (Å²) in [6.07, 6.45) is 0. The molecule has 2 aromatic heterocycles. The van der Waals surface area contributed by atoms with Gasteiger partial charge < -0.3 is 19.2 Å². The number of aromatic nitrogens is 2. The number of hydrogen-bond acceptors (Lipinski definition) is 10. The van der Waals surface area contributed by atoms with Crippen molar-refractivity contribution in [1.29, 1.82) is 0 Å². The average Bonchev–Trinajstić information content (AvgIpc) is 3.53. The maximum Gasteiger partial charge on any atom is 0.293 e. The maximum atomic E-state index is 12.5. The number of nitrogens with zero attached hydrogens (tertiary/aromatic N) is 3. The molecular weight excluding hydrogens is 494 g/mol. The Morgan fingerprint density at radius 2 is 1.91 bits per heavy atom. The molecule has 2 N–H and O–H groups in total. The van der Waals surface area contributed by atoms with Crippen LogP contribution in [-0.4, -0.2) is 33.3 Å². The number of nitro benzene ring substituents is 1. The van der Waals surface area contributed by atoms with Crippen LogP contribution in [0.1, 0.15) is 15.6 Å². The Bertz CT molecular complexity index is 1370. The van der Waals surface area contributed by atoms with Crippen molar-refractivity contribution in [3.63, 3.8) is 0 Å². The Balaban J connectivity index is 1.30. The van der Waals surface area contributed by atoms with Gasteiger partial charge in [0.15, 0.2) is 15.9 Å². The molecule has 2 heterocycles. The predicted molar refractivity (Wildman–Crippen MR) is 132 cm³/mol. The zero-order chi connectivity index (χ0) is 24.8. The summed E-state index contributed by atoms with van der Waals surface area (Å²) in [6.45, 7) is 0.206. The number of furan rings is 1. The lowest BCUT2D eigenvalue weighted by molar-refractivity contribution is -0.384. The van der Waals surface area contributed by atoms with Gasteiger partial charge >= 0.3 is 0 Å². The zero-order valence-electron chi connectivity index (χ0n) is 18.1. The van der Waals surface area contributed by atoms with Gasteiger partial charge in [-0.2, -0.15) is 0 Å². The fourth-order valence-electron chi connectivity index (χ4n) is 2.86. The van der Waals surface area contributed by atoms with E-state index in [1.165, 1.54) is 35.6 Å². The van der Waals surface area contributed by atoms with E-state index in [4.69, 9.17) is 26.1 Å². The molecule has 4 rings (SSSR count). The van der Waals surface area contributed by atoms with Crippen LogP contribution in [-0.2, 0) is 6.61 Å². The molecular formula is C22H17N5O6S2. The number of benzene rings is 2. The Hall–Kier alpha value is -4.36. The van der Waals surface area contributed by atoms with E-state index in [1.54, 1.807) is 43.5 Å². The fraction of sp³-hybridized carbons (Fsp3) is 0.0909.